The third-order valence-electron chi connectivity index (χ3n) is 6.62. The van der Waals surface area contributed by atoms with E-state index >= 15 is 0 Å². The molecule has 0 radical (unpaired) electrons. The molecule has 0 spiro atoms. The van der Waals surface area contributed by atoms with E-state index in [1.807, 2.05) is 12.1 Å². The molecule has 0 fully saturated rings. The topological polar surface area (TPSA) is 91.9 Å². The fourth-order valence-electron chi connectivity index (χ4n) is 4.50. The van der Waals surface area contributed by atoms with Crippen LogP contribution in [0.4, 0.5) is 14.5 Å². The molecule has 5 rings (SSSR count). The first kappa shape index (κ1) is 25.0. The molecule has 2 aromatic carbocycles. The Hall–Kier alpha value is -4.64. The molecule has 0 amide bonds. The first-order valence-electron chi connectivity index (χ1n) is 12.1. The number of fused-ring (bicyclic) bond motifs is 1. The molecule has 0 aliphatic carbocycles. The van der Waals surface area contributed by atoms with Crippen molar-refractivity contribution in [2.24, 2.45) is 4.99 Å². The highest BCUT2D eigenvalue weighted by Gasteiger charge is 2.25. The molecule has 8 heteroatoms. The van der Waals surface area contributed by atoms with Gasteiger partial charge in [-0.15, -0.1) is 0 Å². The van der Waals surface area contributed by atoms with Gasteiger partial charge in [0.1, 0.15) is 29.3 Å². The molecule has 2 aromatic heterocycles. The van der Waals surface area contributed by atoms with E-state index in [4.69, 9.17) is 0 Å². The maximum absolute atomic E-state index is 14.8. The van der Waals surface area contributed by atoms with Crippen molar-refractivity contribution in [2.45, 2.75) is 38.5 Å². The van der Waals surface area contributed by atoms with Gasteiger partial charge in [-0.05, 0) is 61.4 Å². The summed E-state index contributed by atoms with van der Waals surface area (Å²) in [6.45, 7) is 3.16. The number of hydrogen-bond donors (Lipinski definition) is 0. The van der Waals surface area contributed by atoms with Crippen molar-refractivity contribution in [2.75, 3.05) is 0 Å². The third kappa shape index (κ3) is 4.83. The number of nitrogens with zero attached hydrogens (tertiary/aromatic N) is 5. The quantitative estimate of drug-likeness (QED) is 0.291. The van der Waals surface area contributed by atoms with Gasteiger partial charge in [0.25, 0.3) is 0 Å². The highest BCUT2D eigenvalue weighted by molar-refractivity contribution is 5.97. The minimum absolute atomic E-state index is 0.128. The van der Waals surface area contributed by atoms with Crippen molar-refractivity contribution < 1.29 is 13.6 Å². The smallest absolute Gasteiger partial charge is 0.167 e. The molecule has 0 N–H and O–H groups in total. The van der Waals surface area contributed by atoms with E-state index in [2.05, 4.69) is 26.0 Å². The van der Waals surface area contributed by atoms with Gasteiger partial charge in [-0.1, -0.05) is 12.1 Å². The van der Waals surface area contributed by atoms with Gasteiger partial charge in [0.15, 0.2) is 5.78 Å². The number of halogens is 2. The monoisotopic (exact) mass is 507 g/mol. The zero-order chi connectivity index (χ0) is 26.9. The van der Waals surface area contributed by atoms with Crippen LogP contribution in [0.5, 0.6) is 0 Å². The van der Waals surface area contributed by atoms with Crippen molar-refractivity contribution >= 4 is 17.7 Å². The second-order valence-electron chi connectivity index (χ2n) is 9.66. The summed E-state index contributed by atoms with van der Waals surface area (Å²) < 4.78 is 29.1. The van der Waals surface area contributed by atoms with Crippen molar-refractivity contribution in [1.82, 2.24) is 15.0 Å². The van der Waals surface area contributed by atoms with Crippen LogP contribution >= 0.6 is 0 Å². The Morgan fingerprint density at radius 2 is 1.87 bits per heavy atom. The number of benzene rings is 2. The number of Topliss-reactive ketones (excluding diaryl/α,β-unsaturated/α-hetero) is 1. The maximum Gasteiger partial charge on any atom is 0.167 e. The van der Waals surface area contributed by atoms with Crippen molar-refractivity contribution in [3.8, 4) is 17.3 Å². The zero-order valence-electron chi connectivity index (χ0n) is 20.9. The van der Waals surface area contributed by atoms with Crippen LogP contribution in [-0.4, -0.2) is 26.9 Å². The number of carbonyl (C=O) groups excluding carboxylic acids is 1. The predicted octanol–water partition coefficient (Wildman–Crippen LogP) is 5.89. The molecule has 3 heterocycles. The van der Waals surface area contributed by atoms with Crippen LogP contribution in [0.25, 0.3) is 11.3 Å². The lowest BCUT2D eigenvalue weighted by Gasteiger charge is -2.17. The van der Waals surface area contributed by atoms with E-state index in [0.29, 0.717) is 18.5 Å². The lowest BCUT2D eigenvalue weighted by molar-refractivity contribution is 0.0991. The minimum Gasteiger partial charge on any atom is -0.294 e. The summed E-state index contributed by atoms with van der Waals surface area (Å²) in [5.41, 5.74) is 4.06. The van der Waals surface area contributed by atoms with Gasteiger partial charge in [0, 0.05) is 48.4 Å². The number of pyridine rings is 1. The van der Waals surface area contributed by atoms with Crippen LogP contribution in [-0.2, 0) is 24.7 Å². The summed E-state index contributed by atoms with van der Waals surface area (Å²) >= 11 is 0. The summed E-state index contributed by atoms with van der Waals surface area (Å²) in [4.78, 5) is 30.8. The van der Waals surface area contributed by atoms with Crippen LogP contribution in [0.2, 0.25) is 0 Å². The second kappa shape index (κ2) is 10.0. The van der Waals surface area contributed by atoms with E-state index < -0.39 is 17.0 Å². The fourth-order valence-corrected chi connectivity index (χ4v) is 4.50. The van der Waals surface area contributed by atoms with Crippen molar-refractivity contribution in [1.29, 1.82) is 5.26 Å². The molecule has 0 bridgehead atoms. The van der Waals surface area contributed by atoms with E-state index in [9.17, 15) is 18.8 Å². The molecule has 6 nitrogen and oxygen atoms in total. The molecule has 0 unspecified atom stereocenters. The van der Waals surface area contributed by atoms with Gasteiger partial charge < -0.3 is 0 Å². The molecule has 4 aromatic rings. The number of aromatic nitrogens is 3. The largest absolute Gasteiger partial charge is 0.294 e. The Balaban J connectivity index is 1.42. The summed E-state index contributed by atoms with van der Waals surface area (Å²) in [5, 5.41) is 9.39. The molecule has 0 saturated heterocycles. The standard InChI is InChI=1S/C30H23F2N5O/c1-30(2,16-33)22-14-19(6-8-24(22)32)27(38)15-20-12-18(5-7-23(20)31)13-26-21(4-3-10-34-26)28-29-25(9-11-35-29)36-17-37-28/h3-8,10-12,14,17H,9,13,15H2,1-2H3. The highest BCUT2D eigenvalue weighted by atomic mass is 19.1. The Kier molecular flexibility index (Phi) is 6.60. The number of hydrogen-bond acceptors (Lipinski definition) is 6. The summed E-state index contributed by atoms with van der Waals surface area (Å²) in [5.74, 6) is -1.44. The molecule has 1 aliphatic rings. The molecule has 38 heavy (non-hydrogen) atoms. The second-order valence-corrected chi connectivity index (χ2v) is 9.66. The first-order valence-corrected chi connectivity index (χ1v) is 12.1. The lowest BCUT2D eigenvalue weighted by atomic mass is 9.84. The normalized spacial score (nSPS) is 12.3. The molecule has 0 atom stereocenters. The number of rotatable bonds is 7. The van der Waals surface area contributed by atoms with Crippen molar-refractivity contribution in [3.63, 3.8) is 0 Å². The Labute approximate surface area is 218 Å². The van der Waals surface area contributed by atoms with Gasteiger partial charge in [-0.2, -0.15) is 5.26 Å². The third-order valence-corrected chi connectivity index (χ3v) is 6.62. The maximum atomic E-state index is 14.8. The highest BCUT2D eigenvalue weighted by Crippen LogP contribution is 2.35. The van der Waals surface area contributed by atoms with Gasteiger partial charge >= 0.3 is 0 Å². The van der Waals surface area contributed by atoms with Gasteiger partial charge in [0.2, 0.25) is 0 Å². The summed E-state index contributed by atoms with van der Waals surface area (Å²) in [6, 6.07) is 14.4. The minimum atomic E-state index is -1.11. The van der Waals surface area contributed by atoms with Crippen LogP contribution in [0, 0.1) is 23.0 Å². The van der Waals surface area contributed by atoms with Gasteiger partial charge in [0.05, 0.1) is 22.9 Å². The average Bonchev–Trinajstić information content (AvgIpc) is 3.40. The lowest BCUT2D eigenvalue weighted by Crippen LogP contribution is -2.17. The van der Waals surface area contributed by atoms with Crippen molar-refractivity contribution in [3.05, 3.63) is 106 Å². The fraction of sp³-hybridized carbons (Fsp3) is 0.200. The Morgan fingerprint density at radius 3 is 2.68 bits per heavy atom. The molecular formula is C30H23F2N5O. The summed E-state index contributed by atoms with van der Waals surface area (Å²) in [7, 11) is 0. The predicted molar refractivity (Wildman–Crippen MR) is 139 cm³/mol. The van der Waals surface area contributed by atoms with Crippen LogP contribution in [0.3, 0.4) is 0 Å². The molecule has 1 aliphatic heterocycles. The van der Waals surface area contributed by atoms with E-state index in [1.54, 1.807) is 38.4 Å². The Morgan fingerprint density at radius 1 is 1.05 bits per heavy atom. The van der Waals surface area contributed by atoms with Crippen LogP contribution < -0.4 is 0 Å². The number of aliphatic imine (C=N–C) groups is 1. The van der Waals surface area contributed by atoms with Crippen LogP contribution in [0.15, 0.2) is 66.0 Å². The molecule has 188 valence electrons. The SMILES string of the molecule is CC(C)(C#N)c1cc(C(=O)Cc2cc(Cc3ncccc3-c3ncnc4c3N=CC4)ccc2F)ccc1F. The Bertz CT molecular complexity index is 1640. The molecule has 0 saturated carbocycles. The number of ketones is 1. The van der Waals surface area contributed by atoms with E-state index in [0.717, 1.165) is 28.2 Å². The number of nitriles is 1. The summed E-state index contributed by atoms with van der Waals surface area (Å²) in [6.07, 6.45) is 5.83. The first-order chi connectivity index (χ1) is 18.3. The number of carbonyl (C=O) groups is 1. The van der Waals surface area contributed by atoms with Gasteiger partial charge in [-0.3, -0.25) is 14.8 Å². The van der Waals surface area contributed by atoms with E-state index in [1.165, 1.54) is 30.6 Å². The zero-order valence-corrected chi connectivity index (χ0v) is 20.9. The molecular weight excluding hydrogens is 484 g/mol. The van der Waals surface area contributed by atoms with E-state index in [-0.39, 0.29) is 28.9 Å². The van der Waals surface area contributed by atoms with Crippen LogP contribution in [0.1, 0.15) is 52.3 Å². The average molecular weight is 508 g/mol. The van der Waals surface area contributed by atoms with Gasteiger partial charge in [-0.25, -0.2) is 18.7 Å².